The Balaban J connectivity index is 2.96. The van der Waals surface area contributed by atoms with E-state index >= 15 is 0 Å². The van der Waals surface area contributed by atoms with Crippen LogP contribution in [0.4, 0.5) is 4.39 Å². The van der Waals surface area contributed by atoms with E-state index in [4.69, 9.17) is 5.73 Å². The first kappa shape index (κ1) is 17.1. The van der Waals surface area contributed by atoms with Crippen LogP contribution in [0.25, 0.3) is 0 Å². The van der Waals surface area contributed by atoms with E-state index in [-0.39, 0.29) is 16.8 Å². The average Bonchev–Trinajstić information content (AvgIpc) is 2.35. The Kier molecular flexibility index (Phi) is 5.33. The van der Waals surface area contributed by atoms with Crippen LogP contribution in [0.2, 0.25) is 0 Å². The fourth-order valence-corrected chi connectivity index (χ4v) is 2.48. The van der Waals surface area contributed by atoms with Crippen LogP contribution in [-0.4, -0.2) is 30.1 Å². The summed E-state index contributed by atoms with van der Waals surface area (Å²) in [4.78, 5) is 2.33. The molecule has 0 radical (unpaired) electrons. The second-order valence-corrected chi connectivity index (χ2v) is 7.16. The molecule has 0 bridgehead atoms. The van der Waals surface area contributed by atoms with Crippen molar-refractivity contribution < 1.29 is 4.39 Å². The van der Waals surface area contributed by atoms with Gasteiger partial charge in [0.15, 0.2) is 0 Å². The predicted molar refractivity (Wildman–Crippen MR) is 84.2 cm³/mol. The minimum absolute atomic E-state index is 0.174. The number of nitrogens with zero attached hydrogens (tertiary/aromatic N) is 1. The maximum atomic E-state index is 13.4. The highest BCUT2D eigenvalue weighted by Gasteiger charge is 2.35. The van der Waals surface area contributed by atoms with Crippen LogP contribution < -0.4 is 5.73 Å². The Morgan fingerprint density at radius 3 is 2.30 bits per heavy atom. The van der Waals surface area contributed by atoms with Crippen LogP contribution in [0.1, 0.15) is 40.2 Å². The summed E-state index contributed by atoms with van der Waals surface area (Å²) in [6.45, 7) is 11.6. The number of likely N-dealkylation sites (N-methyl/N-ethyl adjacent to an activating group) is 1. The molecule has 0 heterocycles. The fraction of sp³-hybridized carbons (Fsp3) is 0.647. The van der Waals surface area contributed by atoms with Gasteiger partial charge in [0.2, 0.25) is 0 Å². The minimum atomic E-state index is -0.187. The maximum Gasteiger partial charge on any atom is 0.123 e. The molecule has 20 heavy (non-hydrogen) atoms. The van der Waals surface area contributed by atoms with Crippen molar-refractivity contribution in [3.63, 3.8) is 0 Å². The van der Waals surface area contributed by atoms with Gasteiger partial charge in [0, 0.05) is 18.1 Å². The lowest BCUT2D eigenvalue weighted by Crippen LogP contribution is -2.57. The van der Waals surface area contributed by atoms with Gasteiger partial charge in [0.05, 0.1) is 0 Å². The molecular formula is C17H29FN2. The molecule has 2 unspecified atom stereocenters. The van der Waals surface area contributed by atoms with Gasteiger partial charge in [0.1, 0.15) is 5.82 Å². The lowest BCUT2D eigenvalue weighted by atomic mass is 9.82. The zero-order valence-corrected chi connectivity index (χ0v) is 13.7. The summed E-state index contributed by atoms with van der Waals surface area (Å²) < 4.78 is 13.4. The summed E-state index contributed by atoms with van der Waals surface area (Å²) >= 11 is 0. The van der Waals surface area contributed by atoms with E-state index in [0.29, 0.717) is 12.6 Å². The maximum absolute atomic E-state index is 13.4. The van der Waals surface area contributed by atoms with Crippen molar-refractivity contribution in [3.05, 3.63) is 35.6 Å². The van der Waals surface area contributed by atoms with Gasteiger partial charge >= 0.3 is 0 Å². The first-order valence-corrected chi connectivity index (χ1v) is 7.27. The van der Waals surface area contributed by atoms with Gasteiger partial charge in [-0.2, -0.15) is 0 Å². The van der Waals surface area contributed by atoms with Crippen LogP contribution in [0.3, 0.4) is 0 Å². The van der Waals surface area contributed by atoms with Crippen molar-refractivity contribution in [2.75, 3.05) is 13.6 Å². The fourth-order valence-electron chi connectivity index (χ4n) is 2.48. The van der Waals surface area contributed by atoms with Gasteiger partial charge in [0.25, 0.3) is 0 Å². The van der Waals surface area contributed by atoms with Gasteiger partial charge in [-0.25, -0.2) is 4.39 Å². The molecule has 2 nitrogen and oxygen atoms in total. The molecule has 2 atom stereocenters. The SMILES string of the molecule is CC(N(C)C(C)(CN)Cc1cccc(F)c1)C(C)(C)C. The number of halogens is 1. The number of rotatable bonds is 5. The Labute approximate surface area is 123 Å². The average molecular weight is 280 g/mol. The van der Waals surface area contributed by atoms with Crippen LogP contribution >= 0.6 is 0 Å². The summed E-state index contributed by atoms with van der Waals surface area (Å²) in [5.41, 5.74) is 7.02. The number of benzene rings is 1. The number of nitrogens with two attached hydrogens (primary N) is 1. The number of hydrogen-bond donors (Lipinski definition) is 1. The van der Waals surface area contributed by atoms with Crippen LogP contribution in [0.5, 0.6) is 0 Å². The molecule has 2 N–H and O–H groups in total. The first-order valence-electron chi connectivity index (χ1n) is 7.27. The topological polar surface area (TPSA) is 29.3 Å². The van der Waals surface area contributed by atoms with E-state index in [2.05, 4.69) is 46.6 Å². The number of hydrogen-bond acceptors (Lipinski definition) is 2. The van der Waals surface area contributed by atoms with Crippen LogP contribution in [0.15, 0.2) is 24.3 Å². The summed E-state index contributed by atoms with van der Waals surface area (Å²) in [5, 5.41) is 0. The van der Waals surface area contributed by atoms with Crippen molar-refractivity contribution in [3.8, 4) is 0 Å². The third-order valence-corrected chi connectivity index (χ3v) is 4.60. The molecule has 0 spiro atoms. The highest BCUT2D eigenvalue weighted by Crippen LogP contribution is 2.29. The molecule has 0 amide bonds. The third kappa shape index (κ3) is 4.03. The van der Waals surface area contributed by atoms with Gasteiger partial charge < -0.3 is 5.73 Å². The molecular weight excluding hydrogens is 251 g/mol. The van der Waals surface area contributed by atoms with Gasteiger partial charge in [-0.15, -0.1) is 0 Å². The van der Waals surface area contributed by atoms with E-state index in [0.717, 1.165) is 12.0 Å². The van der Waals surface area contributed by atoms with Gasteiger partial charge in [-0.3, -0.25) is 4.90 Å². The van der Waals surface area contributed by atoms with Crippen LogP contribution in [-0.2, 0) is 6.42 Å². The zero-order chi connectivity index (χ0) is 15.6. The molecule has 0 aliphatic heterocycles. The predicted octanol–water partition coefficient (Wildman–Crippen LogP) is 3.45. The molecule has 1 aromatic rings. The summed E-state index contributed by atoms with van der Waals surface area (Å²) in [7, 11) is 2.11. The monoisotopic (exact) mass is 280 g/mol. The Morgan fingerprint density at radius 2 is 1.85 bits per heavy atom. The van der Waals surface area contributed by atoms with Gasteiger partial charge in [-0.05, 0) is 50.4 Å². The summed E-state index contributed by atoms with van der Waals surface area (Å²) in [6.07, 6.45) is 0.748. The molecule has 1 aromatic carbocycles. The molecule has 0 saturated heterocycles. The second kappa shape index (κ2) is 6.23. The molecule has 0 aliphatic carbocycles. The Bertz CT molecular complexity index is 439. The zero-order valence-electron chi connectivity index (χ0n) is 13.7. The molecule has 0 aliphatic rings. The molecule has 0 fully saturated rings. The molecule has 3 heteroatoms. The quantitative estimate of drug-likeness (QED) is 0.895. The standard InChI is InChI=1S/C17H29FN2/c1-13(16(2,3)4)20(6)17(5,12-19)11-14-8-7-9-15(18)10-14/h7-10,13H,11-12,19H2,1-6H3. The van der Waals surface area contributed by atoms with Crippen molar-refractivity contribution in [1.29, 1.82) is 0 Å². The van der Waals surface area contributed by atoms with Crippen molar-refractivity contribution in [2.24, 2.45) is 11.1 Å². The largest absolute Gasteiger partial charge is 0.329 e. The van der Waals surface area contributed by atoms with E-state index in [9.17, 15) is 4.39 Å². The smallest absolute Gasteiger partial charge is 0.123 e. The second-order valence-electron chi connectivity index (χ2n) is 7.16. The Hall–Kier alpha value is -0.930. The van der Waals surface area contributed by atoms with E-state index < -0.39 is 0 Å². The first-order chi connectivity index (χ1) is 9.10. The van der Waals surface area contributed by atoms with Crippen molar-refractivity contribution in [1.82, 2.24) is 4.90 Å². The summed E-state index contributed by atoms with van der Waals surface area (Å²) in [5.74, 6) is -0.187. The molecule has 0 saturated carbocycles. The third-order valence-electron chi connectivity index (χ3n) is 4.60. The van der Waals surface area contributed by atoms with E-state index in [1.54, 1.807) is 12.1 Å². The highest BCUT2D eigenvalue weighted by molar-refractivity contribution is 5.19. The van der Waals surface area contributed by atoms with Gasteiger partial charge in [-0.1, -0.05) is 32.9 Å². The van der Waals surface area contributed by atoms with Crippen molar-refractivity contribution >= 4 is 0 Å². The van der Waals surface area contributed by atoms with Crippen molar-refractivity contribution in [2.45, 2.75) is 52.6 Å². The van der Waals surface area contributed by atoms with E-state index in [1.165, 1.54) is 6.07 Å². The highest BCUT2D eigenvalue weighted by atomic mass is 19.1. The normalized spacial score (nSPS) is 17.1. The minimum Gasteiger partial charge on any atom is -0.329 e. The lowest BCUT2D eigenvalue weighted by Gasteiger charge is -2.46. The van der Waals surface area contributed by atoms with Crippen LogP contribution in [0, 0.1) is 11.2 Å². The molecule has 1 rings (SSSR count). The lowest BCUT2D eigenvalue weighted by molar-refractivity contribution is 0.0425. The molecule has 114 valence electrons. The van der Waals surface area contributed by atoms with E-state index in [1.807, 2.05) is 6.07 Å². The molecule has 0 aromatic heterocycles. The Morgan fingerprint density at radius 1 is 1.25 bits per heavy atom. The summed E-state index contributed by atoms with van der Waals surface area (Å²) in [6, 6.07) is 7.18.